The third-order valence-electron chi connectivity index (χ3n) is 5.80. The molecule has 1 aliphatic heterocycles. The molecule has 1 saturated heterocycles. The van der Waals surface area contributed by atoms with Crippen LogP contribution in [0, 0.1) is 5.92 Å². The fraction of sp³-hybridized carbons (Fsp3) is 0.320. The Morgan fingerprint density at radius 1 is 1.10 bits per heavy atom. The van der Waals surface area contributed by atoms with Gasteiger partial charge in [0.1, 0.15) is 11.6 Å². The summed E-state index contributed by atoms with van der Waals surface area (Å²) in [4.78, 5) is 3.18. The number of hydrogen-bond donors (Lipinski definition) is 0. The van der Waals surface area contributed by atoms with Crippen molar-refractivity contribution in [3.05, 3.63) is 70.2 Å². The highest BCUT2D eigenvalue weighted by molar-refractivity contribution is 9.10. The molecule has 1 heterocycles. The van der Waals surface area contributed by atoms with Crippen molar-refractivity contribution in [1.82, 2.24) is 4.90 Å². The second kappa shape index (κ2) is 9.36. The smallest absolute Gasteiger partial charge is 0.175 e. The number of rotatable bonds is 5. The lowest BCUT2D eigenvalue weighted by molar-refractivity contribution is 0.281. The Labute approximate surface area is 192 Å². The molecule has 3 nitrogen and oxygen atoms in total. The summed E-state index contributed by atoms with van der Waals surface area (Å²) in [5.41, 5.74) is 2.13. The summed E-state index contributed by atoms with van der Waals surface area (Å²) in [6, 6.07) is 18.7. The van der Waals surface area contributed by atoms with Crippen molar-refractivity contribution >= 4 is 43.9 Å². The van der Waals surface area contributed by atoms with Crippen molar-refractivity contribution in [2.24, 2.45) is 5.92 Å². The Hall–Kier alpha value is -2.11. The predicted molar refractivity (Wildman–Crippen MR) is 131 cm³/mol. The van der Waals surface area contributed by atoms with Crippen molar-refractivity contribution in [1.29, 1.82) is 0 Å². The fourth-order valence-corrected chi connectivity index (χ4v) is 4.80. The molecule has 1 aliphatic rings. The first kappa shape index (κ1) is 21.1. The zero-order valence-corrected chi connectivity index (χ0v) is 19.8. The summed E-state index contributed by atoms with van der Waals surface area (Å²) in [7, 11) is 1.67. The van der Waals surface area contributed by atoms with Gasteiger partial charge in [0.15, 0.2) is 11.5 Å². The van der Waals surface area contributed by atoms with Crippen LogP contribution < -0.4 is 9.47 Å². The maximum atomic E-state index is 6.22. The Morgan fingerprint density at radius 3 is 2.60 bits per heavy atom. The number of thiocarbonyl (C=S) groups is 1. The van der Waals surface area contributed by atoms with Crippen LogP contribution in [0.3, 0.4) is 0 Å². The van der Waals surface area contributed by atoms with Gasteiger partial charge in [-0.3, -0.25) is 0 Å². The number of piperidine rings is 1. The summed E-state index contributed by atoms with van der Waals surface area (Å²) >= 11 is 9.47. The largest absolute Gasteiger partial charge is 0.493 e. The molecule has 0 unspecified atom stereocenters. The van der Waals surface area contributed by atoms with E-state index in [1.807, 2.05) is 12.1 Å². The lowest BCUT2D eigenvalue weighted by atomic mass is 9.99. The Bertz CT molecular complexity index is 1050. The molecule has 0 saturated carbocycles. The molecule has 1 fully saturated rings. The molecule has 0 radical (unpaired) electrons. The summed E-state index contributed by atoms with van der Waals surface area (Å²) < 4.78 is 12.7. The molecule has 156 valence electrons. The Balaban J connectivity index is 1.56. The minimum atomic E-state index is 0.462. The molecule has 0 atom stereocenters. The molecule has 5 heteroatoms. The maximum Gasteiger partial charge on any atom is 0.175 e. The summed E-state index contributed by atoms with van der Waals surface area (Å²) in [6.07, 6.45) is 2.37. The number of fused-ring (bicyclic) bond motifs is 1. The van der Waals surface area contributed by atoms with Crippen LogP contribution in [0.1, 0.15) is 30.9 Å². The van der Waals surface area contributed by atoms with Crippen molar-refractivity contribution in [3.63, 3.8) is 0 Å². The average molecular weight is 484 g/mol. The number of methoxy groups -OCH3 is 1. The van der Waals surface area contributed by atoms with Gasteiger partial charge in [0.05, 0.1) is 11.6 Å². The molecule has 3 aromatic carbocycles. The van der Waals surface area contributed by atoms with Gasteiger partial charge in [-0.05, 0) is 63.2 Å². The highest BCUT2D eigenvalue weighted by Crippen LogP contribution is 2.38. The van der Waals surface area contributed by atoms with E-state index in [2.05, 4.69) is 70.2 Å². The van der Waals surface area contributed by atoms with Gasteiger partial charge in [-0.15, -0.1) is 0 Å². The minimum Gasteiger partial charge on any atom is -0.493 e. The summed E-state index contributed by atoms with van der Waals surface area (Å²) in [6.45, 7) is 4.80. The highest BCUT2D eigenvalue weighted by Gasteiger charge is 2.21. The molecular formula is C25H26BrNO2S. The first-order valence-electron chi connectivity index (χ1n) is 10.3. The van der Waals surface area contributed by atoms with Crippen LogP contribution in [0.15, 0.2) is 59.1 Å². The summed E-state index contributed by atoms with van der Waals surface area (Å²) in [5.74, 6) is 2.16. The highest BCUT2D eigenvalue weighted by atomic mass is 79.9. The molecular weight excluding hydrogens is 458 g/mol. The number of ether oxygens (including phenoxy) is 2. The van der Waals surface area contributed by atoms with Crippen molar-refractivity contribution in [3.8, 4) is 11.5 Å². The molecule has 0 N–H and O–H groups in total. The molecule has 0 spiro atoms. The number of halogens is 1. The van der Waals surface area contributed by atoms with E-state index in [1.54, 1.807) is 7.11 Å². The van der Waals surface area contributed by atoms with Gasteiger partial charge in [0.25, 0.3) is 0 Å². The van der Waals surface area contributed by atoms with Gasteiger partial charge < -0.3 is 14.4 Å². The van der Waals surface area contributed by atoms with Crippen LogP contribution >= 0.6 is 28.1 Å². The molecule has 30 heavy (non-hydrogen) atoms. The van der Waals surface area contributed by atoms with E-state index >= 15 is 0 Å². The van der Waals surface area contributed by atoms with Gasteiger partial charge in [-0.1, -0.05) is 61.6 Å². The Morgan fingerprint density at radius 2 is 1.83 bits per heavy atom. The monoisotopic (exact) mass is 483 g/mol. The quantitative estimate of drug-likeness (QED) is 0.381. The normalized spacial score (nSPS) is 14.7. The predicted octanol–water partition coefficient (Wildman–Crippen LogP) is 6.60. The van der Waals surface area contributed by atoms with Crippen LogP contribution in [-0.2, 0) is 6.61 Å². The fourth-order valence-electron chi connectivity index (χ4n) is 3.95. The van der Waals surface area contributed by atoms with E-state index in [1.165, 1.54) is 23.6 Å². The van der Waals surface area contributed by atoms with Gasteiger partial charge in [-0.25, -0.2) is 0 Å². The van der Waals surface area contributed by atoms with Gasteiger partial charge in [0.2, 0.25) is 0 Å². The van der Waals surface area contributed by atoms with E-state index in [0.717, 1.165) is 39.6 Å². The number of benzene rings is 3. The number of nitrogens with zero attached hydrogens (tertiary/aromatic N) is 1. The average Bonchev–Trinajstić information content (AvgIpc) is 2.77. The third-order valence-corrected chi connectivity index (χ3v) is 6.88. The molecule has 0 aliphatic carbocycles. The molecule has 0 aromatic heterocycles. The Kier molecular flexibility index (Phi) is 6.59. The van der Waals surface area contributed by atoms with Crippen molar-refractivity contribution < 1.29 is 9.47 Å². The number of hydrogen-bond acceptors (Lipinski definition) is 3. The first-order chi connectivity index (χ1) is 14.6. The zero-order valence-electron chi connectivity index (χ0n) is 17.4. The van der Waals surface area contributed by atoms with E-state index in [-0.39, 0.29) is 0 Å². The van der Waals surface area contributed by atoms with Gasteiger partial charge in [0, 0.05) is 18.7 Å². The number of likely N-dealkylation sites (tertiary alicyclic amines) is 1. The summed E-state index contributed by atoms with van der Waals surface area (Å²) in [5, 5.41) is 2.41. The standard InChI is InChI=1S/C25H26BrNO2S/c1-17-10-12-27(13-11-17)25(30)20-14-22(26)24(23(15-20)28-2)29-16-19-8-5-7-18-6-3-4-9-21(18)19/h3-9,14-15,17H,10-13,16H2,1-2H3. The van der Waals surface area contributed by atoms with E-state index < -0.39 is 0 Å². The van der Waals surface area contributed by atoms with E-state index in [0.29, 0.717) is 18.1 Å². The topological polar surface area (TPSA) is 21.7 Å². The van der Waals surface area contributed by atoms with Crippen LogP contribution in [0.4, 0.5) is 0 Å². The zero-order chi connectivity index (χ0) is 21.1. The maximum absolute atomic E-state index is 6.22. The third kappa shape index (κ3) is 4.47. The van der Waals surface area contributed by atoms with Crippen molar-refractivity contribution in [2.75, 3.05) is 20.2 Å². The SMILES string of the molecule is COc1cc(C(=S)N2CCC(C)CC2)cc(Br)c1OCc1cccc2ccccc12. The van der Waals surface area contributed by atoms with Crippen LogP contribution in [0.5, 0.6) is 11.5 Å². The first-order valence-corrected chi connectivity index (χ1v) is 11.5. The lowest BCUT2D eigenvalue weighted by Gasteiger charge is -2.32. The van der Waals surface area contributed by atoms with Crippen LogP contribution in [0.25, 0.3) is 10.8 Å². The second-order valence-corrected chi connectivity index (χ2v) is 9.13. The molecule has 3 aromatic rings. The lowest BCUT2D eigenvalue weighted by Crippen LogP contribution is -2.37. The molecule has 4 rings (SSSR count). The van der Waals surface area contributed by atoms with Gasteiger partial charge >= 0.3 is 0 Å². The minimum absolute atomic E-state index is 0.462. The van der Waals surface area contributed by atoms with E-state index in [4.69, 9.17) is 21.7 Å². The second-order valence-electron chi connectivity index (χ2n) is 7.89. The van der Waals surface area contributed by atoms with Crippen molar-refractivity contribution in [2.45, 2.75) is 26.4 Å². The van der Waals surface area contributed by atoms with E-state index in [9.17, 15) is 0 Å². The van der Waals surface area contributed by atoms with Crippen LogP contribution in [0.2, 0.25) is 0 Å². The van der Waals surface area contributed by atoms with Crippen LogP contribution in [-0.4, -0.2) is 30.1 Å². The molecule has 0 amide bonds. The molecule has 0 bridgehead atoms. The van der Waals surface area contributed by atoms with Gasteiger partial charge in [-0.2, -0.15) is 0 Å².